The van der Waals surface area contributed by atoms with Gasteiger partial charge in [-0.15, -0.1) is 11.3 Å². The van der Waals surface area contributed by atoms with Crippen LogP contribution in [0, 0.1) is 5.92 Å². The van der Waals surface area contributed by atoms with Crippen molar-refractivity contribution in [3.63, 3.8) is 0 Å². The number of carbonyl (C=O) groups is 1. The average molecular weight is 322 g/mol. The van der Waals surface area contributed by atoms with Gasteiger partial charge in [-0.25, -0.2) is 8.42 Å². The normalized spacial score (nSPS) is 23.3. The summed E-state index contributed by atoms with van der Waals surface area (Å²) in [5.74, 6) is -0.0442. The van der Waals surface area contributed by atoms with E-state index < -0.39 is 9.84 Å². The van der Waals surface area contributed by atoms with Gasteiger partial charge in [0.05, 0.1) is 5.25 Å². The van der Waals surface area contributed by atoms with Gasteiger partial charge in [-0.05, 0) is 25.3 Å². The molecule has 0 N–H and O–H groups in total. The van der Waals surface area contributed by atoms with Crippen LogP contribution in [0.5, 0.6) is 0 Å². The van der Waals surface area contributed by atoms with E-state index in [1.54, 1.807) is 11.3 Å². The zero-order valence-corrected chi connectivity index (χ0v) is 13.5. The minimum absolute atomic E-state index is 0.112. The number of ketones is 1. The zero-order chi connectivity index (χ0) is 15.0. The second-order valence-electron chi connectivity index (χ2n) is 5.82. The van der Waals surface area contributed by atoms with Gasteiger partial charge in [0, 0.05) is 33.2 Å². The summed E-state index contributed by atoms with van der Waals surface area (Å²) in [6.07, 6.45) is 4.06. The second kappa shape index (κ2) is 5.54. The summed E-state index contributed by atoms with van der Waals surface area (Å²) in [4.78, 5) is 12.8. The van der Waals surface area contributed by atoms with Gasteiger partial charge in [-0.1, -0.05) is 24.6 Å². The number of thiophene rings is 1. The van der Waals surface area contributed by atoms with Crippen molar-refractivity contribution in [3.05, 3.63) is 35.2 Å². The van der Waals surface area contributed by atoms with Crippen molar-refractivity contribution in [2.75, 3.05) is 6.26 Å². The smallest absolute Gasteiger partial charge is 0.167 e. The van der Waals surface area contributed by atoms with Crippen LogP contribution in [0.1, 0.15) is 36.0 Å². The van der Waals surface area contributed by atoms with Crippen molar-refractivity contribution >= 4 is 37.0 Å². The maximum atomic E-state index is 12.8. The second-order valence-corrected chi connectivity index (χ2v) is 9.06. The molecule has 3 rings (SSSR count). The molecule has 112 valence electrons. The molecule has 2 atom stereocenters. The summed E-state index contributed by atoms with van der Waals surface area (Å²) in [6.45, 7) is 0. The van der Waals surface area contributed by atoms with Gasteiger partial charge in [0.15, 0.2) is 5.78 Å². The molecule has 0 bridgehead atoms. The number of hydrogen-bond donors (Lipinski definition) is 0. The van der Waals surface area contributed by atoms with Crippen LogP contribution < -0.4 is 0 Å². The number of rotatable bonds is 3. The van der Waals surface area contributed by atoms with E-state index in [0.717, 1.165) is 28.5 Å². The molecule has 0 radical (unpaired) electrons. The summed E-state index contributed by atoms with van der Waals surface area (Å²) in [7, 11) is -3.05. The summed E-state index contributed by atoms with van der Waals surface area (Å²) < 4.78 is 24.6. The predicted molar refractivity (Wildman–Crippen MR) is 86.7 cm³/mol. The largest absolute Gasteiger partial charge is 0.294 e. The monoisotopic (exact) mass is 322 g/mol. The molecule has 2 unspecified atom stereocenters. The van der Waals surface area contributed by atoms with Crippen LogP contribution in [0.25, 0.3) is 10.1 Å². The van der Waals surface area contributed by atoms with Crippen molar-refractivity contribution in [2.45, 2.75) is 30.9 Å². The standard InChI is InChI=1S/C16H18O3S2/c1-21(18,19)12-6-4-5-11(9-12)16(17)14-10-20-15-8-3-2-7-13(14)15/h2-3,7-8,10-12H,4-6,9H2,1H3. The third-order valence-electron chi connectivity index (χ3n) is 4.35. The molecule has 0 saturated heterocycles. The van der Waals surface area contributed by atoms with Crippen LogP contribution >= 0.6 is 11.3 Å². The average Bonchev–Trinajstić information content (AvgIpc) is 2.90. The van der Waals surface area contributed by atoms with Gasteiger partial charge in [-0.2, -0.15) is 0 Å². The van der Waals surface area contributed by atoms with Crippen molar-refractivity contribution in [2.24, 2.45) is 5.92 Å². The summed E-state index contributed by atoms with van der Waals surface area (Å²) in [5.41, 5.74) is 0.759. The number of hydrogen-bond acceptors (Lipinski definition) is 4. The molecule has 1 heterocycles. The highest BCUT2D eigenvalue weighted by molar-refractivity contribution is 7.91. The lowest BCUT2D eigenvalue weighted by Gasteiger charge is -2.26. The van der Waals surface area contributed by atoms with E-state index in [1.165, 1.54) is 6.26 Å². The lowest BCUT2D eigenvalue weighted by molar-refractivity contribution is 0.0893. The molecule has 2 aromatic rings. The lowest BCUT2D eigenvalue weighted by atomic mass is 9.83. The zero-order valence-electron chi connectivity index (χ0n) is 11.9. The van der Waals surface area contributed by atoms with Crippen LogP contribution in [-0.2, 0) is 9.84 Å². The number of Topliss-reactive ketones (excluding diaryl/α,β-unsaturated/α-hetero) is 1. The van der Waals surface area contributed by atoms with Crippen molar-refractivity contribution in [1.82, 2.24) is 0 Å². The molecule has 0 spiro atoms. The van der Waals surface area contributed by atoms with Gasteiger partial charge in [-0.3, -0.25) is 4.79 Å². The fourth-order valence-corrected chi connectivity index (χ4v) is 5.29. The Morgan fingerprint density at radius 1 is 1.24 bits per heavy atom. The van der Waals surface area contributed by atoms with E-state index in [9.17, 15) is 13.2 Å². The Bertz CT molecular complexity index is 774. The maximum Gasteiger partial charge on any atom is 0.167 e. The minimum atomic E-state index is -3.05. The van der Waals surface area contributed by atoms with Crippen LogP contribution in [-0.4, -0.2) is 25.7 Å². The van der Waals surface area contributed by atoms with Gasteiger partial charge in [0.2, 0.25) is 0 Å². The topological polar surface area (TPSA) is 51.2 Å². The molecule has 5 heteroatoms. The Morgan fingerprint density at radius 3 is 2.76 bits per heavy atom. The Morgan fingerprint density at radius 2 is 2.00 bits per heavy atom. The van der Waals surface area contributed by atoms with Crippen molar-refractivity contribution < 1.29 is 13.2 Å². The molecular weight excluding hydrogens is 304 g/mol. The first-order valence-electron chi connectivity index (χ1n) is 7.16. The highest BCUT2D eigenvalue weighted by atomic mass is 32.2. The van der Waals surface area contributed by atoms with E-state index in [0.29, 0.717) is 12.8 Å². The Hall–Kier alpha value is -1.20. The SMILES string of the molecule is CS(=O)(=O)C1CCCC(C(=O)c2csc3ccccc23)C1. The van der Waals surface area contributed by atoms with E-state index in [1.807, 2.05) is 29.6 Å². The maximum absolute atomic E-state index is 12.8. The Kier molecular flexibility index (Phi) is 3.88. The van der Waals surface area contributed by atoms with E-state index in [-0.39, 0.29) is 17.0 Å². The molecule has 1 aromatic carbocycles. The third kappa shape index (κ3) is 2.90. The van der Waals surface area contributed by atoms with Gasteiger partial charge < -0.3 is 0 Å². The van der Waals surface area contributed by atoms with Crippen LogP contribution in [0.4, 0.5) is 0 Å². The Labute approximate surface area is 128 Å². The molecule has 1 saturated carbocycles. The van der Waals surface area contributed by atoms with Gasteiger partial charge >= 0.3 is 0 Å². The number of sulfone groups is 1. The highest BCUT2D eigenvalue weighted by Crippen LogP contribution is 2.34. The quantitative estimate of drug-likeness (QED) is 0.810. The van der Waals surface area contributed by atoms with E-state index in [2.05, 4.69) is 0 Å². The Balaban J connectivity index is 1.88. The van der Waals surface area contributed by atoms with Crippen LogP contribution in [0.3, 0.4) is 0 Å². The molecule has 0 amide bonds. The first kappa shape index (κ1) is 14.7. The molecule has 1 fully saturated rings. The lowest BCUT2D eigenvalue weighted by Crippen LogP contribution is -2.31. The van der Waals surface area contributed by atoms with Gasteiger partial charge in [0.25, 0.3) is 0 Å². The molecule has 1 aliphatic carbocycles. The minimum Gasteiger partial charge on any atom is -0.294 e. The molecular formula is C16H18O3S2. The molecule has 1 aromatic heterocycles. The van der Waals surface area contributed by atoms with Crippen molar-refractivity contribution in [1.29, 1.82) is 0 Å². The fourth-order valence-electron chi connectivity index (χ4n) is 3.16. The fraction of sp³-hybridized carbons (Fsp3) is 0.438. The highest BCUT2D eigenvalue weighted by Gasteiger charge is 2.33. The molecule has 21 heavy (non-hydrogen) atoms. The van der Waals surface area contributed by atoms with Crippen molar-refractivity contribution in [3.8, 4) is 0 Å². The summed E-state index contributed by atoms with van der Waals surface area (Å²) in [6, 6.07) is 7.88. The van der Waals surface area contributed by atoms with E-state index >= 15 is 0 Å². The number of carbonyl (C=O) groups excluding carboxylic acids is 1. The first-order valence-corrected chi connectivity index (χ1v) is 9.99. The summed E-state index contributed by atoms with van der Waals surface area (Å²) >= 11 is 1.57. The first-order chi connectivity index (χ1) is 9.97. The number of benzene rings is 1. The van der Waals surface area contributed by atoms with Gasteiger partial charge in [0.1, 0.15) is 9.84 Å². The third-order valence-corrected chi connectivity index (χ3v) is 6.95. The van der Waals surface area contributed by atoms with Crippen LogP contribution in [0.2, 0.25) is 0 Å². The predicted octanol–water partition coefficient (Wildman–Crippen LogP) is 3.69. The van der Waals surface area contributed by atoms with Crippen LogP contribution in [0.15, 0.2) is 29.6 Å². The molecule has 3 nitrogen and oxygen atoms in total. The summed E-state index contributed by atoms with van der Waals surface area (Å²) in [5, 5.41) is 2.55. The van der Waals surface area contributed by atoms with E-state index in [4.69, 9.17) is 0 Å². The molecule has 0 aliphatic heterocycles. The number of fused-ring (bicyclic) bond motifs is 1. The molecule has 1 aliphatic rings.